The van der Waals surface area contributed by atoms with Crippen LogP contribution in [0.3, 0.4) is 0 Å². The molecule has 0 amide bonds. The number of aryl methyl sites for hydroxylation is 3. The molecule has 0 spiro atoms. The molecule has 4 heteroatoms. The van der Waals surface area contributed by atoms with Crippen molar-refractivity contribution in [1.82, 2.24) is 4.90 Å². The standard InChI is InChI=1S/C26H37N3.Au/c1-7-29(8-2,9-3)19-25-12-10-24(11-13-25)18-27-14-15-28(20-27)26-22(5)16-21(4)17-23(26)6;/h10-17,20H,7-9,18-19H2,1-6H3;/q;+1. The van der Waals surface area contributed by atoms with Crippen LogP contribution in [0.5, 0.6) is 0 Å². The van der Waals surface area contributed by atoms with Crippen LogP contribution in [-0.2, 0) is 35.5 Å². The molecule has 3 nitrogen and oxygen atoms in total. The van der Waals surface area contributed by atoms with Gasteiger partial charge in [0.25, 0.3) is 0 Å². The quantitative estimate of drug-likeness (QED) is 0.215. The Hall–Kier alpha value is -1.52. The zero-order valence-electron chi connectivity index (χ0n) is 19.4. The van der Waals surface area contributed by atoms with Crippen LogP contribution in [0, 0.1) is 27.4 Å². The molecule has 2 aromatic rings. The van der Waals surface area contributed by atoms with Crippen LogP contribution in [0.15, 0.2) is 48.8 Å². The molecule has 30 heavy (non-hydrogen) atoms. The van der Waals surface area contributed by atoms with E-state index in [9.17, 15) is 0 Å². The molecule has 0 atom stereocenters. The Bertz CT molecular complexity index is 822. The maximum Gasteiger partial charge on any atom is 1.00 e. The second-order valence-electron chi connectivity index (χ2n) is 8.51. The van der Waals surface area contributed by atoms with Crippen molar-refractivity contribution in [3.05, 3.63) is 83.3 Å². The summed E-state index contributed by atoms with van der Waals surface area (Å²) in [6.45, 7) is 21.3. The minimum Gasteiger partial charge on any atom is -0.504 e. The van der Waals surface area contributed by atoms with Gasteiger partial charge in [0.2, 0.25) is 0 Å². The molecule has 1 aliphatic heterocycles. The van der Waals surface area contributed by atoms with Crippen molar-refractivity contribution in [2.24, 2.45) is 0 Å². The Morgan fingerprint density at radius 3 is 1.87 bits per heavy atom. The fraction of sp³-hybridized carbons (Fsp3) is 0.423. The smallest absolute Gasteiger partial charge is 0.504 e. The summed E-state index contributed by atoms with van der Waals surface area (Å²) in [6.07, 6.45) is 4.33. The van der Waals surface area contributed by atoms with E-state index in [1.807, 2.05) is 0 Å². The molecule has 1 aliphatic rings. The maximum absolute atomic E-state index is 2.31. The van der Waals surface area contributed by atoms with E-state index in [0.717, 1.165) is 17.6 Å². The molecule has 3 rings (SSSR count). The van der Waals surface area contributed by atoms with Gasteiger partial charge in [-0.1, -0.05) is 42.0 Å². The summed E-state index contributed by atoms with van der Waals surface area (Å²) in [7, 11) is 0. The molecule has 2 aromatic carbocycles. The molecule has 0 aromatic heterocycles. The van der Waals surface area contributed by atoms with Crippen LogP contribution in [0.25, 0.3) is 0 Å². The normalized spacial score (nSPS) is 13.7. The minimum atomic E-state index is 0. The van der Waals surface area contributed by atoms with Gasteiger partial charge in [-0.05, 0) is 70.6 Å². The van der Waals surface area contributed by atoms with E-state index >= 15 is 0 Å². The summed E-state index contributed by atoms with van der Waals surface area (Å²) in [5.41, 5.74) is 8.03. The van der Waals surface area contributed by atoms with E-state index < -0.39 is 0 Å². The summed E-state index contributed by atoms with van der Waals surface area (Å²) < 4.78 is 1.16. The molecule has 0 N–H and O–H groups in total. The number of anilines is 1. The van der Waals surface area contributed by atoms with Crippen molar-refractivity contribution in [3.8, 4) is 0 Å². The van der Waals surface area contributed by atoms with Crippen LogP contribution >= 0.6 is 0 Å². The number of quaternary nitrogens is 1. The maximum atomic E-state index is 2.31. The largest absolute Gasteiger partial charge is 1.00 e. The van der Waals surface area contributed by atoms with E-state index in [4.69, 9.17) is 0 Å². The van der Waals surface area contributed by atoms with Gasteiger partial charge in [0.05, 0.1) is 19.6 Å². The molecule has 0 bridgehead atoms. The van der Waals surface area contributed by atoms with Gasteiger partial charge in [-0.25, -0.2) is 0 Å². The van der Waals surface area contributed by atoms with E-state index in [0.29, 0.717) is 0 Å². The van der Waals surface area contributed by atoms with Crippen molar-refractivity contribution < 1.29 is 26.9 Å². The Labute approximate surface area is 199 Å². The molecule has 0 saturated carbocycles. The van der Waals surface area contributed by atoms with Gasteiger partial charge in [0.1, 0.15) is 6.54 Å². The number of nitrogens with zero attached hydrogens (tertiary/aromatic N) is 3. The fourth-order valence-electron chi connectivity index (χ4n) is 4.55. The Balaban J connectivity index is 0.00000320. The molecule has 1 heterocycles. The summed E-state index contributed by atoms with van der Waals surface area (Å²) in [5.74, 6) is 0. The van der Waals surface area contributed by atoms with E-state index in [-0.39, 0.29) is 22.4 Å². The summed E-state index contributed by atoms with van der Waals surface area (Å²) >= 11 is 0. The SMILES string of the molecule is CC[N+](CC)(CC)Cc1ccc(CN2C=CN(c3c(C)cc(C)cc3C)[CH-]2)cc1.[Au+]. The summed E-state index contributed by atoms with van der Waals surface area (Å²) in [5, 5.41) is 0. The fourth-order valence-corrected chi connectivity index (χ4v) is 4.55. The monoisotopic (exact) mass is 588 g/mol. The van der Waals surface area contributed by atoms with Crippen molar-refractivity contribution >= 4 is 5.69 Å². The van der Waals surface area contributed by atoms with E-state index in [1.165, 1.54) is 53.1 Å². The third-order valence-electron chi connectivity index (χ3n) is 6.50. The number of benzene rings is 2. The Morgan fingerprint density at radius 1 is 0.800 bits per heavy atom. The number of rotatable bonds is 8. The Morgan fingerprint density at radius 2 is 1.33 bits per heavy atom. The molecule has 0 aliphatic carbocycles. The first-order valence-corrected chi connectivity index (χ1v) is 11.0. The van der Waals surface area contributed by atoms with E-state index in [1.54, 1.807) is 0 Å². The van der Waals surface area contributed by atoms with E-state index in [2.05, 4.69) is 107 Å². The molecular weight excluding hydrogens is 551 g/mol. The molecule has 0 radical (unpaired) electrons. The van der Waals surface area contributed by atoms with Crippen LogP contribution in [0.2, 0.25) is 0 Å². The van der Waals surface area contributed by atoms with Gasteiger partial charge in [-0.15, -0.1) is 0 Å². The molecule has 166 valence electrons. The van der Waals surface area contributed by atoms with Crippen LogP contribution in [0.4, 0.5) is 5.69 Å². The molecule has 0 saturated heterocycles. The minimum absolute atomic E-state index is 0. The second-order valence-corrected chi connectivity index (χ2v) is 8.51. The van der Waals surface area contributed by atoms with Crippen LogP contribution in [-0.4, -0.2) is 29.0 Å². The topological polar surface area (TPSA) is 6.48 Å². The molecular formula is C26H37AuN3+. The van der Waals surface area contributed by atoms with Crippen molar-refractivity contribution in [1.29, 1.82) is 0 Å². The average molecular weight is 589 g/mol. The predicted octanol–water partition coefficient (Wildman–Crippen LogP) is 5.90. The van der Waals surface area contributed by atoms with Gasteiger partial charge < -0.3 is 14.3 Å². The van der Waals surface area contributed by atoms with Crippen LogP contribution in [0.1, 0.15) is 48.6 Å². The first kappa shape index (κ1) is 24.7. The van der Waals surface area contributed by atoms with Crippen molar-refractivity contribution in [3.63, 3.8) is 0 Å². The average Bonchev–Trinajstić information content (AvgIpc) is 3.15. The Kier molecular flexibility index (Phi) is 8.81. The van der Waals surface area contributed by atoms with Gasteiger partial charge in [0, 0.05) is 17.8 Å². The summed E-state index contributed by atoms with van der Waals surface area (Å²) in [4.78, 5) is 4.51. The zero-order chi connectivity index (χ0) is 21.0. The van der Waals surface area contributed by atoms with Crippen LogP contribution < -0.4 is 4.90 Å². The number of hydrogen-bond donors (Lipinski definition) is 0. The zero-order valence-corrected chi connectivity index (χ0v) is 21.5. The predicted molar refractivity (Wildman–Crippen MR) is 124 cm³/mol. The third kappa shape index (κ3) is 5.59. The van der Waals surface area contributed by atoms with Gasteiger partial charge in [-0.3, -0.25) is 0 Å². The second kappa shape index (κ2) is 10.7. The first-order valence-electron chi connectivity index (χ1n) is 11.0. The third-order valence-corrected chi connectivity index (χ3v) is 6.50. The van der Waals surface area contributed by atoms with Crippen molar-refractivity contribution in [2.45, 2.75) is 54.6 Å². The van der Waals surface area contributed by atoms with Gasteiger partial charge in [0.15, 0.2) is 0 Å². The summed E-state index contributed by atoms with van der Waals surface area (Å²) in [6, 6.07) is 13.7. The van der Waals surface area contributed by atoms with Gasteiger partial charge >= 0.3 is 22.4 Å². The first-order chi connectivity index (χ1) is 13.9. The molecule has 0 unspecified atom stereocenters. The van der Waals surface area contributed by atoms with Gasteiger partial charge in [-0.2, -0.15) is 6.67 Å². The number of hydrogen-bond acceptors (Lipinski definition) is 2. The molecule has 0 fully saturated rings. The van der Waals surface area contributed by atoms with Crippen molar-refractivity contribution in [2.75, 3.05) is 24.5 Å².